The second-order valence-corrected chi connectivity index (χ2v) is 4.78. The second-order valence-electron chi connectivity index (χ2n) is 4.78. The van der Waals surface area contributed by atoms with Crippen LogP contribution in [0, 0.1) is 0 Å². The van der Waals surface area contributed by atoms with Gasteiger partial charge >= 0.3 is 0 Å². The molecular formula is C15H21N3O. The van der Waals surface area contributed by atoms with E-state index >= 15 is 0 Å². The minimum Gasteiger partial charge on any atom is -0.497 e. The zero-order chi connectivity index (χ0) is 13.8. The average molecular weight is 259 g/mol. The van der Waals surface area contributed by atoms with Crippen molar-refractivity contribution in [1.82, 2.24) is 14.9 Å². The quantitative estimate of drug-likeness (QED) is 0.897. The lowest BCUT2D eigenvalue weighted by Crippen LogP contribution is -2.24. The van der Waals surface area contributed by atoms with Crippen LogP contribution in [0.25, 0.3) is 0 Å². The van der Waals surface area contributed by atoms with Crippen LogP contribution in [0.2, 0.25) is 0 Å². The van der Waals surface area contributed by atoms with E-state index in [1.54, 1.807) is 7.11 Å². The van der Waals surface area contributed by atoms with Crippen LogP contribution < -0.4 is 10.1 Å². The highest BCUT2D eigenvalue weighted by atomic mass is 16.5. The van der Waals surface area contributed by atoms with Crippen LogP contribution in [0.1, 0.15) is 37.3 Å². The van der Waals surface area contributed by atoms with Gasteiger partial charge in [-0.25, -0.2) is 4.98 Å². The first kappa shape index (κ1) is 13.6. The lowest BCUT2D eigenvalue weighted by molar-refractivity contribution is 0.412. The Morgan fingerprint density at radius 2 is 2.05 bits per heavy atom. The van der Waals surface area contributed by atoms with Gasteiger partial charge in [0.05, 0.1) is 13.2 Å². The number of methoxy groups -OCH3 is 1. The molecule has 0 aliphatic heterocycles. The van der Waals surface area contributed by atoms with E-state index < -0.39 is 0 Å². The number of benzene rings is 1. The summed E-state index contributed by atoms with van der Waals surface area (Å²) in [4.78, 5) is 4.37. The Kier molecular flexibility index (Phi) is 4.22. The van der Waals surface area contributed by atoms with Crippen LogP contribution >= 0.6 is 0 Å². The largest absolute Gasteiger partial charge is 0.497 e. The van der Waals surface area contributed by atoms with E-state index in [0.29, 0.717) is 0 Å². The molecule has 2 unspecified atom stereocenters. The average Bonchev–Trinajstić information content (AvgIpc) is 2.85. The first-order valence-electron chi connectivity index (χ1n) is 6.49. The van der Waals surface area contributed by atoms with Crippen molar-refractivity contribution >= 4 is 0 Å². The standard InChI is InChI=1S/C15H21N3O/c1-11(13-6-5-7-14(10-13)19-4)17-12(2)15-16-8-9-18(15)3/h5-12,17H,1-4H3. The van der Waals surface area contributed by atoms with Gasteiger partial charge in [0.15, 0.2) is 0 Å². The lowest BCUT2D eigenvalue weighted by Gasteiger charge is -2.20. The van der Waals surface area contributed by atoms with Crippen molar-refractivity contribution in [3.63, 3.8) is 0 Å². The summed E-state index contributed by atoms with van der Waals surface area (Å²) in [5.41, 5.74) is 1.21. The van der Waals surface area contributed by atoms with E-state index in [1.165, 1.54) is 5.56 Å². The Hall–Kier alpha value is -1.81. The Morgan fingerprint density at radius 1 is 1.26 bits per heavy atom. The van der Waals surface area contributed by atoms with Crippen LogP contribution in [-0.4, -0.2) is 16.7 Å². The molecule has 1 heterocycles. The molecule has 0 fully saturated rings. The molecule has 0 spiro atoms. The fraction of sp³-hybridized carbons (Fsp3) is 0.400. The van der Waals surface area contributed by atoms with Crippen molar-refractivity contribution in [3.05, 3.63) is 48.0 Å². The summed E-state index contributed by atoms with van der Waals surface area (Å²) in [5, 5.41) is 3.55. The first-order valence-corrected chi connectivity index (χ1v) is 6.49. The molecule has 19 heavy (non-hydrogen) atoms. The normalized spacial score (nSPS) is 14.1. The van der Waals surface area contributed by atoms with E-state index in [-0.39, 0.29) is 12.1 Å². The highest BCUT2D eigenvalue weighted by Gasteiger charge is 2.14. The highest BCUT2D eigenvalue weighted by molar-refractivity contribution is 5.30. The molecule has 2 atom stereocenters. The Bertz CT molecular complexity index is 536. The van der Waals surface area contributed by atoms with E-state index in [1.807, 2.05) is 36.1 Å². The van der Waals surface area contributed by atoms with Crippen LogP contribution in [0.5, 0.6) is 5.75 Å². The molecule has 2 aromatic rings. The highest BCUT2D eigenvalue weighted by Crippen LogP contribution is 2.21. The van der Waals surface area contributed by atoms with Gasteiger partial charge in [-0.15, -0.1) is 0 Å². The molecule has 4 nitrogen and oxygen atoms in total. The zero-order valence-electron chi connectivity index (χ0n) is 11.9. The molecule has 0 bridgehead atoms. The number of nitrogens with zero attached hydrogens (tertiary/aromatic N) is 2. The van der Waals surface area contributed by atoms with Gasteiger partial charge in [0.2, 0.25) is 0 Å². The van der Waals surface area contributed by atoms with Gasteiger partial charge < -0.3 is 14.6 Å². The number of ether oxygens (including phenoxy) is 1. The van der Waals surface area contributed by atoms with Gasteiger partial charge in [0.1, 0.15) is 11.6 Å². The fourth-order valence-corrected chi connectivity index (χ4v) is 2.25. The third kappa shape index (κ3) is 3.15. The molecule has 0 aliphatic rings. The maximum Gasteiger partial charge on any atom is 0.125 e. The monoisotopic (exact) mass is 259 g/mol. The number of aryl methyl sites for hydroxylation is 1. The smallest absolute Gasteiger partial charge is 0.125 e. The lowest BCUT2D eigenvalue weighted by atomic mass is 10.1. The zero-order valence-corrected chi connectivity index (χ0v) is 11.9. The van der Waals surface area contributed by atoms with Crippen molar-refractivity contribution in [2.45, 2.75) is 25.9 Å². The van der Waals surface area contributed by atoms with Gasteiger partial charge in [-0.3, -0.25) is 0 Å². The molecule has 2 rings (SSSR count). The summed E-state index contributed by atoms with van der Waals surface area (Å²) in [6, 6.07) is 8.56. The SMILES string of the molecule is COc1cccc(C(C)NC(C)c2nccn2C)c1. The van der Waals surface area contributed by atoms with Gasteiger partial charge in [-0.05, 0) is 31.5 Å². The summed E-state index contributed by atoms with van der Waals surface area (Å²) in [6.07, 6.45) is 3.79. The molecule has 1 N–H and O–H groups in total. The second kappa shape index (κ2) is 5.89. The van der Waals surface area contributed by atoms with Gasteiger partial charge in [0.25, 0.3) is 0 Å². The maximum atomic E-state index is 5.26. The Balaban J connectivity index is 2.08. The van der Waals surface area contributed by atoms with Crippen molar-refractivity contribution in [2.75, 3.05) is 7.11 Å². The van der Waals surface area contributed by atoms with Crippen molar-refractivity contribution in [3.8, 4) is 5.75 Å². The van der Waals surface area contributed by atoms with E-state index in [4.69, 9.17) is 4.74 Å². The van der Waals surface area contributed by atoms with Gasteiger partial charge in [0, 0.05) is 25.5 Å². The summed E-state index contributed by atoms with van der Waals surface area (Å²) in [6.45, 7) is 4.27. The number of nitrogens with one attached hydrogen (secondary N) is 1. The first-order chi connectivity index (χ1) is 9.11. The molecule has 102 valence electrons. The minimum atomic E-state index is 0.196. The summed E-state index contributed by atoms with van der Waals surface area (Å²) < 4.78 is 7.29. The van der Waals surface area contributed by atoms with E-state index in [9.17, 15) is 0 Å². The van der Waals surface area contributed by atoms with Crippen molar-refractivity contribution < 1.29 is 4.74 Å². The molecule has 0 radical (unpaired) electrons. The molecule has 0 saturated heterocycles. The topological polar surface area (TPSA) is 39.1 Å². The summed E-state index contributed by atoms with van der Waals surface area (Å²) in [7, 11) is 3.70. The Morgan fingerprint density at radius 3 is 2.68 bits per heavy atom. The van der Waals surface area contributed by atoms with Crippen molar-refractivity contribution in [1.29, 1.82) is 0 Å². The summed E-state index contributed by atoms with van der Waals surface area (Å²) in [5.74, 6) is 1.92. The minimum absolute atomic E-state index is 0.196. The number of hydrogen-bond donors (Lipinski definition) is 1. The number of imidazole rings is 1. The maximum absolute atomic E-state index is 5.26. The molecule has 1 aromatic carbocycles. The third-order valence-corrected chi connectivity index (χ3v) is 3.34. The van der Waals surface area contributed by atoms with Crippen LogP contribution in [0.4, 0.5) is 0 Å². The molecular weight excluding hydrogens is 238 g/mol. The molecule has 4 heteroatoms. The number of aromatic nitrogens is 2. The van der Waals surface area contributed by atoms with Crippen LogP contribution in [0.15, 0.2) is 36.7 Å². The number of hydrogen-bond acceptors (Lipinski definition) is 3. The third-order valence-electron chi connectivity index (χ3n) is 3.34. The fourth-order valence-electron chi connectivity index (χ4n) is 2.25. The van der Waals surface area contributed by atoms with Gasteiger partial charge in [-0.1, -0.05) is 12.1 Å². The molecule has 0 saturated carbocycles. The Labute approximate surface area is 114 Å². The van der Waals surface area contributed by atoms with Crippen LogP contribution in [0.3, 0.4) is 0 Å². The van der Waals surface area contributed by atoms with Crippen LogP contribution in [-0.2, 0) is 7.05 Å². The number of rotatable bonds is 5. The molecule has 1 aromatic heterocycles. The predicted octanol–water partition coefficient (Wildman–Crippen LogP) is 2.84. The predicted molar refractivity (Wildman–Crippen MR) is 76.2 cm³/mol. The molecule has 0 amide bonds. The summed E-state index contributed by atoms with van der Waals surface area (Å²) >= 11 is 0. The van der Waals surface area contributed by atoms with E-state index in [0.717, 1.165) is 11.6 Å². The van der Waals surface area contributed by atoms with Gasteiger partial charge in [-0.2, -0.15) is 0 Å². The van der Waals surface area contributed by atoms with Crippen molar-refractivity contribution in [2.24, 2.45) is 7.05 Å². The molecule has 0 aliphatic carbocycles. The van der Waals surface area contributed by atoms with E-state index in [2.05, 4.69) is 36.3 Å².